The smallest absolute Gasteiger partial charge is 0.0637 e. The second kappa shape index (κ2) is 4.40. The van der Waals surface area contributed by atoms with E-state index in [9.17, 15) is 0 Å². The first-order valence-corrected chi connectivity index (χ1v) is 4.09. The number of aromatic nitrogens is 1. The molecule has 0 radical (unpaired) electrons. The fraction of sp³-hybridized carbons (Fsp3) is 0.375. The molecule has 1 rings (SSSR count). The third kappa shape index (κ3) is 2.17. The van der Waals surface area contributed by atoms with Crippen LogP contribution >= 0.6 is 11.6 Å². The molecule has 0 aliphatic heterocycles. The van der Waals surface area contributed by atoms with Crippen molar-refractivity contribution in [1.82, 2.24) is 4.98 Å². The zero-order valence-electron chi connectivity index (χ0n) is 6.57. The monoisotopic (exact) mass is 186 g/mol. The molecule has 1 heterocycles. The molecular formula is C8H11ClN2O. The van der Waals surface area contributed by atoms with Crippen LogP contribution in [0.2, 0.25) is 5.02 Å². The van der Waals surface area contributed by atoms with E-state index in [0.29, 0.717) is 11.4 Å². The predicted molar refractivity (Wildman–Crippen MR) is 47.9 cm³/mol. The van der Waals surface area contributed by atoms with Crippen LogP contribution in [0.5, 0.6) is 0 Å². The summed E-state index contributed by atoms with van der Waals surface area (Å²) in [6.07, 6.45) is 3.70. The maximum absolute atomic E-state index is 8.65. The lowest BCUT2D eigenvalue weighted by Gasteiger charge is -2.10. The van der Waals surface area contributed by atoms with Crippen LogP contribution in [-0.4, -0.2) is 16.7 Å². The molecule has 1 aromatic rings. The molecule has 0 amide bonds. The van der Waals surface area contributed by atoms with Crippen LogP contribution in [-0.2, 0) is 0 Å². The lowest BCUT2D eigenvalue weighted by Crippen LogP contribution is -2.12. The van der Waals surface area contributed by atoms with E-state index in [1.165, 1.54) is 0 Å². The fourth-order valence-corrected chi connectivity index (χ4v) is 1.24. The van der Waals surface area contributed by atoms with Gasteiger partial charge in [0.05, 0.1) is 5.02 Å². The summed E-state index contributed by atoms with van der Waals surface area (Å²) in [6.45, 7) is 0.0693. The summed E-state index contributed by atoms with van der Waals surface area (Å²) < 4.78 is 0. The Hall–Kier alpha value is -0.640. The summed E-state index contributed by atoms with van der Waals surface area (Å²) in [7, 11) is 0. The maximum atomic E-state index is 8.65. The predicted octanol–water partition coefficient (Wildman–Crippen LogP) is 1.12. The molecule has 1 atom stereocenters. The van der Waals surface area contributed by atoms with E-state index >= 15 is 0 Å². The second-order valence-electron chi connectivity index (χ2n) is 2.52. The zero-order valence-corrected chi connectivity index (χ0v) is 7.33. The molecule has 0 saturated carbocycles. The summed E-state index contributed by atoms with van der Waals surface area (Å²) in [6, 6.07) is 1.56. The van der Waals surface area contributed by atoms with Gasteiger partial charge in [-0.05, 0) is 18.1 Å². The molecule has 0 unspecified atom stereocenters. The van der Waals surface area contributed by atoms with E-state index in [2.05, 4.69) is 4.98 Å². The van der Waals surface area contributed by atoms with Gasteiger partial charge in [-0.3, -0.25) is 4.98 Å². The second-order valence-corrected chi connectivity index (χ2v) is 2.92. The Morgan fingerprint density at radius 2 is 2.42 bits per heavy atom. The number of rotatable bonds is 3. The molecule has 4 heteroatoms. The molecule has 0 aliphatic carbocycles. The first-order chi connectivity index (χ1) is 5.75. The summed E-state index contributed by atoms with van der Waals surface area (Å²) in [5, 5.41) is 9.20. The van der Waals surface area contributed by atoms with Gasteiger partial charge in [-0.2, -0.15) is 0 Å². The lowest BCUT2D eigenvalue weighted by molar-refractivity contribution is 0.276. The Balaban J connectivity index is 2.79. The highest BCUT2D eigenvalue weighted by Gasteiger charge is 2.08. The Kier molecular flexibility index (Phi) is 3.47. The Morgan fingerprint density at radius 3 is 3.00 bits per heavy atom. The highest BCUT2D eigenvalue weighted by molar-refractivity contribution is 6.31. The highest BCUT2D eigenvalue weighted by Crippen LogP contribution is 2.21. The minimum absolute atomic E-state index is 0.0693. The molecule has 0 aliphatic rings. The van der Waals surface area contributed by atoms with Crippen molar-refractivity contribution in [3.8, 4) is 0 Å². The van der Waals surface area contributed by atoms with Crippen LogP contribution in [0, 0.1) is 0 Å². The molecule has 0 spiro atoms. The Morgan fingerprint density at radius 1 is 1.67 bits per heavy atom. The van der Waals surface area contributed by atoms with E-state index < -0.39 is 0 Å². The number of aliphatic hydroxyl groups excluding tert-OH is 1. The van der Waals surface area contributed by atoms with E-state index in [0.717, 1.165) is 5.56 Å². The number of halogens is 1. The van der Waals surface area contributed by atoms with Gasteiger partial charge in [0.15, 0.2) is 0 Å². The SMILES string of the molecule is N[C@H](CCO)c1ccncc1Cl. The number of hydrogen-bond donors (Lipinski definition) is 2. The van der Waals surface area contributed by atoms with Crippen LogP contribution < -0.4 is 5.73 Å². The van der Waals surface area contributed by atoms with Crippen molar-refractivity contribution in [3.05, 3.63) is 29.0 Å². The third-order valence-corrected chi connectivity index (χ3v) is 1.96. The molecule has 3 N–H and O–H groups in total. The average Bonchev–Trinajstić information content (AvgIpc) is 2.05. The standard InChI is InChI=1S/C8H11ClN2O/c9-7-5-11-3-1-6(7)8(10)2-4-12/h1,3,5,8,12H,2,4,10H2/t8-/m1/s1. The molecule has 0 bridgehead atoms. The van der Waals surface area contributed by atoms with Crippen molar-refractivity contribution in [2.75, 3.05) is 6.61 Å². The fourth-order valence-electron chi connectivity index (χ4n) is 0.981. The number of nitrogens with zero attached hydrogens (tertiary/aromatic N) is 1. The lowest BCUT2D eigenvalue weighted by atomic mass is 10.1. The van der Waals surface area contributed by atoms with Gasteiger partial charge in [0, 0.05) is 25.0 Å². The van der Waals surface area contributed by atoms with Gasteiger partial charge in [0.25, 0.3) is 0 Å². The van der Waals surface area contributed by atoms with Crippen LogP contribution in [0.25, 0.3) is 0 Å². The van der Waals surface area contributed by atoms with E-state index in [-0.39, 0.29) is 12.6 Å². The Labute approximate surface area is 76.2 Å². The molecule has 0 aromatic carbocycles. The van der Waals surface area contributed by atoms with Gasteiger partial charge in [-0.1, -0.05) is 11.6 Å². The van der Waals surface area contributed by atoms with Crippen molar-refractivity contribution in [2.45, 2.75) is 12.5 Å². The summed E-state index contributed by atoms with van der Waals surface area (Å²) >= 11 is 5.83. The van der Waals surface area contributed by atoms with Crippen LogP contribution in [0.3, 0.4) is 0 Å². The van der Waals surface area contributed by atoms with Gasteiger partial charge in [0.1, 0.15) is 0 Å². The van der Waals surface area contributed by atoms with Crippen molar-refractivity contribution in [1.29, 1.82) is 0 Å². The topological polar surface area (TPSA) is 59.1 Å². The van der Waals surface area contributed by atoms with Gasteiger partial charge >= 0.3 is 0 Å². The summed E-state index contributed by atoms with van der Waals surface area (Å²) in [5.74, 6) is 0. The zero-order chi connectivity index (χ0) is 8.97. The van der Waals surface area contributed by atoms with Crippen molar-refractivity contribution >= 4 is 11.6 Å². The van der Waals surface area contributed by atoms with Crippen LogP contribution in [0.1, 0.15) is 18.0 Å². The summed E-state index contributed by atoms with van der Waals surface area (Å²) in [4.78, 5) is 3.84. The highest BCUT2D eigenvalue weighted by atomic mass is 35.5. The number of nitrogens with two attached hydrogens (primary N) is 1. The van der Waals surface area contributed by atoms with E-state index in [4.69, 9.17) is 22.4 Å². The van der Waals surface area contributed by atoms with E-state index in [1.807, 2.05) is 0 Å². The van der Waals surface area contributed by atoms with Gasteiger partial charge < -0.3 is 10.8 Å². The van der Waals surface area contributed by atoms with Gasteiger partial charge in [-0.25, -0.2) is 0 Å². The maximum Gasteiger partial charge on any atom is 0.0637 e. The van der Waals surface area contributed by atoms with Gasteiger partial charge in [-0.15, -0.1) is 0 Å². The van der Waals surface area contributed by atoms with Crippen molar-refractivity contribution in [2.24, 2.45) is 5.73 Å². The first-order valence-electron chi connectivity index (χ1n) is 3.71. The summed E-state index contributed by atoms with van der Waals surface area (Å²) in [5.41, 5.74) is 6.57. The molecule has 66 valence electrons. The molecule has 12 heavy (non-hydrogen) atoms. The quantitative estimate of drug-likeness (QED) is 0.744. The van der Waals surface area contributed by atoms with Gasteiger partial charge in [0.2, 0.25) is 0 Å². The number of pyridine rings is 1. The normalized spacial score (nSPS) is 12.9. The third-order valence-electron chi connectivity index (χ3n) is 1.64. The largest absolute Gasteiger partial charge is 0.396 e. The molecule has 0 fully saturated rings. The number of hydrogen-bond acceptors (Lipinski definition) is 3. The molecule has 3 nitrogen and oxygen atoms in total. The molecular weight excluding hydrogens is 176 g/mol. The average molecular weight is 187 g/mol. The first kappa shape index (κ1) is 9.45. The van der Waals surface area contributed by atoms with Crippen molar-refractivity contribution < 1.29 is 5.11 Å². The number of aliphatic hydroxyl groups is 1. The van der Waals surface area contributed by atoms with E-state index in [1.54, 1.807) is 18.5 Å². The minimum atomic E-state index is -0.203. The molecule has 0 saturated heterocycles. The van der Waals surface area contributed by atoms with Crippen molar-refractivity contribution in [3.63, 3.8) is 0 Å². The van der Waals surface area contributed by atoms with Crippen LogP contribution in [0.4, 0.5) is 0 Å². The van der Waals surface area contributed by atoms with Crippen LogP contribution in [0.15, 0.2) is 18.5 Å². The minimum Gasteiger partial charge on any atom is -0.396 e. The molecule has 1 aromatic heterocycles. The Bertz CT molecular complexity index is 255.